The molecule has 0 heterocycles. The van der Waals surface area contributed by atoms with Gasteiger partial charge in [-0.2, -0.15) is 0 Å². The predicted octanol–water partition coefficient (Wildman–Crippen LogP) is 5.42. The van der Waals surface area contributed by atoms with Crippen LogP contribution in [0, 0.1) is 35.5 Å². The molecule has 0 aliphatic heterocycles. The summed E-state index contributed by atoms with van der Waals surface area (Å²) in [5.41, 5.74) is 0. The van der Waals surface area contributed by atoms with E-state index >= 15 is 0 Å². The van der Waals surface area contributed by atoms with E-state index in [1.165, 1.54) is 11.8 Å². The molecule has 0 bridgehead atoms. The number of rotatable bonds is 0. The SMILES string of the molecule is C1CCC2CC3CCCC4CCCC(C2CC1)C43. The van der Waals surface area contributed by atoms with E-state index in [9.17, 15) is 0 Å². The zero-order valence-electron chi connectivity index (χ0n) is 11.9. The van der Waals surface area contributed by atoms with Crippen molar-refractivity contribution in [2.24, 2.45) is 35.5 Å². The molecule has 0 aromatic heterocycles. The number of hydrogen-bond donors (Lipinski definition) is 0. The summed E-state index contributed by atoms with van der Waals surface area (Å²) in [7, 11) is 0. The van der Waals surface area contributed by atoms with Gasteiger partial charge < -0.3 is 0 Å². The topological polar surface area (TPSA) is 0 Å². The summed E-state index contributed by atoms with van der Waals surface area (Å²) in [6.07, 6.45) is 19.0. The standard InChI is InChI=1S/C18H30/c1-2-6-14-12-15-9-4-7-13-8-5-11-17(18(13)15)16(14)10-3-1/h13-18H,1-12H2. The molecule has 6 unspecified atom stereocenters. The maximum Gasteiger partial charge on any atom is -0.0326 e. The van der Waals surface area contributed by atoms with Gasteiger partial charge >= 0.3 is 0 Å². The summed E-state index contributed by atoms with van der Waals surface area (Å²) in [6.45, 7) is 0. The Bertz CT molecular complexity index is 292. The second kappa shape index (κ2) is 4.84. The van der Waals surface area contributed by atoms with Crippen molar-refractivity contribution in [1.29, 1.82) is 0 Å². The average Bonchev–Trinajstić information content (AvgIpc) is 2.65. The molecule has 0 aromatic rings. The summed E-state index contributed by atoms with van der Waals surface area (Å²) in [6, 6.07) is 0. The monoisotopic (exact) mass is 246 g/mol. The Morgan fingerprint density at radius 1 is 0.444 bits per heavy atom. The second-order valence-corrected chi connectivity index (χ2v) is 7.92. The Morgan fingerprint density at radius 2 is 1.11 bits per heavy atom. The Labute approximate surface area is 113 Å². The Balaban J connectivity index is 1.62. The number of fused-ring (bicyclic) bond motifs is 2. The van der Waals surface area contributed by atoms with E-state index in [1.54, 1.807) is 77.0 Å². The Hall–Kier alpha value is 0. The van der Waals surface area contributed by atoms with Crippen molar-refractivity contribution in [2.45, 2.75) is 77.0 Å². The maximum absolute atomic E-state index is 1.64. The van der Waals surface area contributed by atoms with Gasteiger partial charge in [0, 0.05) is 0 Å². The van der Waals surface area contributed by atoms with Crippen LogP contribution in [-0.2, 0) is 0 Å². The first kappa shape index (κ1) is 11.8. The van der Waals surface area contributed by atoms with E-state index in [0.717, 1.165) is 23.7 Å². The van der Waals surface area contributed by atoms with Crippen molar-refractivity contribution >= 4 is 0 Å². The van der Waals surface area contributed by atoms with Crippen LogP contribution in [0.5, 0.6) is 0 Å². The van der Waals surface area contributed by atoms with Gasteiger partial charge in [0.25, 0.3) is 0 Å². The second-order valence-electron chi connectivity index (χ2n) is 7.92. The maximum atomic E-state index is 1.64. The molecule has 6 atom stereocenters. The smallest absolute Gasteiger partial charge is 0.0326 e. The summed E-state index contributed by atoms with van der Waals surface area (Å²) in [4.78, 5) is 0. The third kappa shape index (κ3) is 1.86. The third-order valence-electron chi connectivity index (χ3n) is 7.22. The van der Waals surface area contributed by atoms with E-state index < -0.39 is 0 Å². The Kier molecular flexibility index (Phi) is 3.17. The van der Waals surface area contributed by atoms with Crippen molar-refractivity contribution in [1.82, 2.24) is 0 Å². The van der Waals surface area contributed by atoms with Crippen LogP contribution in [0.1, 0.15) is 77.0 Å². The van der Waals surface area contributed by atoms with Crippen molar-refractivity contribution < 1.29 is 0 Å². The molecule has 0 radical (unpaired) electrons. The molecule has 4 saturated carbocycles. The van der Waals surface area contributed by atoms with Crippen LogP contribution in [-0.4, -0.2) is 0 Å². The van der Waals surface area contributed by atoms with Crippen molar-refractivity contribution in [3.05, 3.63) is 0 Å². The highest BCUT2D eigenvalue weighted by Crippen LogP contribution is 2.58. The van der Waals surface area contributed by atoms with E-state index in [0.29, 0.717) is 0 Å². The molecular formula is C18H30. The normalized spacial score (nSPS) is 52.0. The molecule has 4 aliphatic rings. The lowest BCUT2D eigenvalue weighted by Crippen LogP contribution is -2.47. The van der Waals surface area contributed by atoms with Gasteiger partial charge in [-0.05, 0) is 54.8 Å². The van der Waals surface area contributed by atoms with Crippen molar-refractivity contribution in [3.8, 4) is 0 Å². The molecule has 4 rings (SSSR count). The van der Waals surface area contributed by atoms with Gasteiger partial charge in [-0.1, -0.05) is 57.8 Å². The van der Waals surface area contributed by atoms with Gasteiger partial charge in [-0.3, -0.25) is 0 Å². The molecule has 0 nitrogen and oxygen atoms in total. The average molecular weight is 246 g/mol. The van der Waals surface area contributed by atoms with E-state index in [-0.39, 0.29) is 0 Å². The van der Waals surface area contributed by atoms with Crippen molar-refractivity contribution in [2.75, 3.05) is 0 Å². The van der Waals surface area contributed by atoms with Crippen LogP contribution in [0.2, 0.25) is 0 Å². The summed E-state index contributed by atoms with van der Waals surface area (Å²) in [5, 5.41) is 0. The highest BCUT2D eigenvalue weighted by molar-refractivity contribution is 4.99. The molecule has 0 N–H and O–H groups in total. The lowest BCUT2D eigenvalue weighted by atomic mass is 9.50. The van der Waals surface area contributed by atoms with Crippen LogP contribution < -0.4 is 0 Å². The zero-order valence-corrected chi connectivity index (χ0v) is 11.9. The van der Waals surface area contributed by atoms with Crippen molar-refractivity contribution in [3.63, 3.8) is 0 Å². The van der Waals surface area contributed by atoms with Crippen LogP contribution in [0.15, 0.2) is 0 Å². The quantitative estimate of drug-likeness (QED) is 0.535. The summed E-state index contributed by atoms with van der Waals surface area (Å²) < 4.78 is 0. The lowest BCUT2D eigenvalue weighted by molar-refractivity contribution is -0.0544. The highest BCUT2D eigenvalue weighted by atomic mass is 14.5. The van der Waals surface area contributed by atoms with Gasteiger partial charge in [0.1, 0.15) is 0 Å². The predicted molar refractivity (Wildman–Crippen MR) is 76.3 cm³/mol. The fourth-order valence-corrected chi connectivity index (χ4v) is 6.69. The largest absolute Gasteiger partial charge is 0.0533 e. The lowest BCUT2D eigenvalue weighted by Gasteiger charge is -2.55. The van der Waals surface area contributed by atoms with Crippen LogP contribution in [0.4, 0.5) is 0 Å². The zero-order chi connectivity index (χ0) is 11.9. The van der Waals surface area contributed by atoms with E-state index in [2.05, 4.69) is 0 Å². The molecule has 18 heavy (non-hydrogen) atoms. The summed E-state index contributed by atoms with van der Waals surface area (Å²) in [5.74, 6) is 6.99. The van der Waals surface area contributed by atoms with Gasteiger partial charge in [0.2, 0.25) is 0 Å². The minimum atomic E-state index is 1.15. The first-order valence-corrected chi connectivity index (χ1v) is 8.93. The first-order valence-electron chi connectivity index (χ1n) is 8.93. The van der Waals surface area contributed by atoms with Gasteiger partial charge in [-0.15, -0.1) is 0 Å². The molecule has 4 fully saturated rings. The van der Waals surface area contributed by atoms with E-state index in [4.69, 9.17) is 0 Å². The van der Waals surface area contributed by atoms with Crippen LogP contribution >= 0.6 is 0 Å². The first-order chi connectivity index (χ1) is 8.93. The highest BCUT2D eigenvalue weighted by Gasteiger charge is 2.49. The molecule has 0 heteroatoms. The molecular weight excluding hydrogens is 216 g/mol. The van der Waals surface area contributed by atoms with Gasteiger partial charge in [0.05, 0.1) is 0 Å². The van der Waals surface area contributed by atoms with Gasteiger partial charge in [-0.25, -0.2) is 0 Å². The molecule has 102 valence electrons. The minimum absolute atomic E-state index is 1.15. The molecule has 0 amide bonds. The fourth-order valence-electron chi connectivity index (χ4n) is 6.69. The fraction of sp³-hybridized carbons (Fsp3) is 1.00. The Morgan fingerprint density at radius 3 is 2.06 bits per heavy atom. The van der Waals surface area contributed by atoms with Gasteiger partial charge in [0.15, 0.2) is 0 Å². The van der Waals surface area contributed by atoms with E-state index in [1.807, 2.05) is 0 Å². The molecule has 0 aromatic carbocycles. The molecule has 0 saturated heterocycles. The molecule has 4 aliphatic carbocycles. The number of hydrogen-bond acceptors (Lipinski definition) is 0. The molecule has 0 spiro atoms. The minimum Gasteiger partial charge on any atom is -0.0533 e. The third-order valence-corrected chi connectivity index (χ3v) is 7.22. The summed E-state index contributed by atoms with van der Waals surface area (Å²) >= 11 is 0. The van der Waals surface area contributed by atoms with Crippen LogP contribution in [0.3, 0.4) is 0 Å². The van der Waals surface area contributed by atoms with Crippen LogP contribution in [0.25, 0.3) is 0 Å².